The highest BCUT2D eigenvalue weighted by atomic mass is 35.5. The van der Waals surface area contributed by atoms with Gasteiger partial charge >= 0.3 is 5.97 Å². The van der Waals surface area contributed by atoms with Gasteiger partial charge in [0.2, 0.25) is 0 Å². The van der Waals surface area contributed by atoms with Crippen LogP contribution in [0.25, 0.3) is 0 Å². The Balaban J connectivity index is 2.12. The van der Waals surface area contributed by atoms with Gasteiger partial charge in [-0.05, 0) is 38.8 Å². The zero-order valence-corrected chi connectivity index (χ0v) is 16.1. The molecule has 0 fully saturated rings. The summed E-state index contributed by atoms with van der Waals surface area (Å²) in [4.78, 5) is 24.8. The lowest BCUT2D eigenvalue weighted by Gasteiger charge is -2.16. The molecule has 0 aliphatic carbocycles. The molecule has 1 N–H and O–H groups in total. The monoisotopic (exact) mass is 380 g/mol. The van der Waals surface area contributed by atoms with Crippen molar-refractivity contribution in [2.24, 2.45) is 0 Å². The van der Waals surface area contributed by atoms with Gasteiger partial charge in [0.05, 0.1) is 18.5 Å². The molecule has 1 atom stereocenters. The Hall–Kier alpha value is -2.54. The predicted octanol–water partition coefficient (Wildman–Crippen LogP) is 3.70. The van der Waals surface area contributed by atoms with Crippen molar-refractivity contribution in [3.8, 4) is 5.75 Å². The summed E-state index contributed by atoms with van der Waals surface area (Å²) < 4.78 is 15.5. The van der Waals surface area contributed by atoms with Gasteiger partial charge in [0, 0.05) is 11.1 Å². The van der Waals surface area contributed by atoms with E-state index >= 15 is 0 Å². The van der Waals surface area contributed by atoms with Crippen LogP contribution in [0.15, 0.2) is 16.7 Å². The zero-order chi connectivity index (χ0) is 19.4. The zero-order valence-electron chi connectivity index (χ0n) is 15.3. The first kappa shape index (κ1) is 19.8. The van der Waals surface area contributed by atoms with E-state index in [-0.39, 0.29) is 5.56 Å². The molecule has 1 amide bonds. The Bertz CT molecular complexity index is 831. The first-order valence-corrected chi connectivity index (χ1v) is 8.47. The number of halogens is 1. The minimum absolute atomic E-state index is 0.257. The molecule has 0 saturated carbocycles. The first-order chi connectivity index (χ1) is 12.3. The second kappa shape index (κ2) is 8.23. The van der Waals surface area contributed by atoms with Gasteiger partial charge in [0.15, 0.2) is 6.10 Å². The molecule has 26 heavy (non-hydrogen) atoms. The van der Waals surface area contributed by atoms with Crippen LogP contribution in [-0.2, 0) is 16.0 Å². The number of methoxy groups -OCH3 is 1. The predicted molar refractivity (Wildman–Crippen MR) is 96.9 cm³/mol. The van der Waals surface area contributed by atoms with Gasteiger partial charge in [-0.1, -0.05) is 23.7 Å². The van der Waals surface area contributed by atoms with Crippen LogP contribution in [0.2, 0.25) is 5.02 Å². The van der Waals surface area contributed by atoms with Crippen molar-refractivity contribution < 1.29 is 23.6 Å². The second-order valence-electron chi connectivity index (χ2n) is 5.75. The molecule has 0 spiro atoms. The third-order valence-corrected chi connectivity index (χ3v) is 4.27. The molecule has 0 aliphatic rings. The summed E-state index contributed by atoms with van der Waals surface area (Å²) in [7, 11) is 1.47. The average Bonchev–Trinajstić information content (AvgIpc) is 2.98. The summed E-state index contributed by atoms with van der Waals surface area (Å²) >= 11 is 6.06. The molecule has 0 saturated heterocycles. The standard InChI is InChI=1S/C18H21ClN2O5/c1-6-13-16(10(3)26-21-13)18(23)25-11(4)17(22)20-14-7-9(2)12(19)8-15(14)24-5/h7-8,11H,6H2,1-5H3,(H,20,22)/t11-/m1/s1. The van der Waals surface area contributed by atoms with E-state index < -0.39 is 18.0 Å². The Labute approximate surface area is 156 Å². The normalized spacial score (nSPS) is 11.8. The van der Waals surface area contributed by atoms with E-state index in [4.69, 9.17) is 25.6 Å². The van der Waals surface area contributed by atoms with Gasteiger partial charge in [-0.3, -0.25) is 4.79 Å². The molecule has 0 aliphatic heterocycles. The summed E-state index contributed by atoms with van der Waals surface area (Å²) in [6, 6.07) is 3.30. The fourth-order valence-corrected chi connectivity index (χ4v) is 2.51. The lowest BCUT2D eigenvalue weighted by Crippen LogP contribution is -2.30. The van der Waals surface area contributed by atoms with Crippen molar-refractivity contribution in [1.82, 2.24) is 5.16 Å². The van der Waals surface area contributed by atoms with Crippen LogP contribution in [0.1, 0.15) is 41.2 Å². The van der Waals surface area contributed by atoms with Crippen LogP contribution in [-0.4, -0.2) is 30.2 Å². The number of esters is 1. The van der Waals surface area contributed by atoms with Gasteiger partial charge in [0.25, 0.3) is 5.91 Å². The van der Waals surface area contributed by atoms with Crippen LogP contribution in [0.5, 0.6) is 5.75 Å². The molecular weight excluding hydrogens is 360 g/mol. The van der Waals surface area contributed by atoms with E-state index in [2.05, 4.69) is 10.5 Å². The van der Waals surface area contributed by atoms with E-state index in [9.17, 15) is 9.59 Å². The fraction of sp³-hybridized carbons (Fsp3) is 0.389. The average molecular weight is 381 g/mol. The highest BCUT2D eigenvalue weighted by Crippen LogP contribution is 2.31. The molecule has 1 heterocycles. The number of carbonyl (C=O) groups excluding carboxylic acids is 2. The quantitative estimate of drug-likeness (QED) is 0.768. The van der Waals surface area contributed by atoms with Crippen molar-refractivity contribution in [2.75, 3.05) is 12.4 Å². The van der Waals surface area contributed by atoms with Crippen LogP contribution in [0.3, 0.4) is 0 Å². The van der Waals surface area contributed by atoms with Gasteiger partial charge in [-0.15, -0.1) is 0 Å². The Morgan fingerprint density at radius 2 is 2.04 bits per heavy atom. The van der Waals surface area contributed by atoms with Gasteiger partial charge in [-0.25, -0.2) is 4.79 Å². The number of aromatic nitrogens is 1. The molecule has 0 unspecified atom stereocenters. The molecular formula is C18H21ClN2O5. The molecule has 7 nitrogen and oxygen atoms in total. The highest BCUT2D eigenvalue weighted by Gasteiger charge is 2.25. The molecule has 1 aromatic carbocycles. The Morgan fingerprint density at radius 3 is 2.65 bits per heavy atom. The fourth-order valence-electron chi connectivity index (χ4n) is 2.36. The minimum atomic E-state index is -1.03. The van der Waals surface area contributed by atoms with Crippen LogP contribution in [0, 0.1) is 13.8 Å². The summed E-state index contributed by atoms with van der Waals surface area (Å²) in [5, 5.41) is 7.02. The number of nitrogens with zero attached hydrogens (tertiary/aromatic N) is 1. The van der Waals surface area contributed by atoms with Crippen molar-refractivity contribution >= 4 is 29.2 Å². The number of hydrogen-bond donors (Lipinski definition) is 1. The molecule has 1 aromatic heterocycles. The van der Waals surface area contributed by atoms with Crippen LogP contribution in [0.4, 0.5) is 5.69 Å². The third kappa shape index (κ3) is 4.16. The number of aryl methyl sites for hydroxylation is 3. The van der Waals surface area contributed by atoms with Gasteiger partial charge in [-0.2, -0.15) is 0 Å². The number of hydrogen-bond acceptors (Lipinski definition) is 6. The largest absolute Gasteiger partial charge is 0.495 e. The molecule has 140 valence electrons. The topological polar surface area (TPSA) is 90.7 Å². The Morgan fingerprint density at radius 1 is 1.35 bits per heavy atom. The second-order valence-corrected chi connectivity index (χ2v) is 6.16. The number of amides is 1. The van der Waals surface area contributed by atoms with E-state index in [1.54, 1.807) is 19.1 Å². The van der Waals surface area contributed by atoms with Crippen molar-refractivity contribution in [2.45, 2.75) is 40.2 Å². The highest BCUT2D eigenvalue weighted by molar-refractivity contribution is 6.31. The number of nitrogens with one attached hydrogen (secondary N) is 1. The molecule has 2 aromatic rings. The maximum atomic E-state index is 12.4. The minimum Gasteiger partial charge on any atom is -0.495 e. The van der Waals surface area contributed by atoms with Gasteiger partial charge in [0.1, 0.15) is 17.1 Å². The summed E-state index contributed by atoms with van der Waals surface area (Å²) in [6.07, 6.45) is -0.508. The van der Waals surface area contributed by atoms with E-state index in [0.717, 1.165) is 5.56 Å². The van der Waals surface area contributed by atoms with Gasteiger partial charge < -0.3 is 19.3 Å². The van der Waals surface area contributed by atoms with Crippen LogP contribution >= 0.6 is 11.6 Å². The number of ether oxygens (including phenoxy) is 2. The van der Waals surface area contributed by atoms with E-state index in [1.807, 2.05) is 13.8 Å². The van der Waals surface area contributed by atoms with Crippen LogP contribution < -0.4 is 10.1 Å². The maximum Gasteiger partial charge on any atom is 0.344 e. The lowest BCUT2D eigenvalue weighted by atomic mass is 10.1. The van der Waals surface area contributed by atoms with E-state index in [0.29, 0.717) is 34.3 Å². The molecule has 0 radical (unpaired) electrons. The third-order valence-electron chi connectivity index (χ3n) is 3.86. The molecule has 2 rings (SSSR count). The summed E-state index contributed by atoms with van der Waals surface area (Å²) in [5.74, 6) is -0.377. The summed E-state index contributed by atoms with van der Waals surface area (Å²) in [5.41, 5.74) is 1.97. The number of benzene rings is 1. The lowest BCUT2D eigenvalue weighted by molar-refractivity contribution is -0.123. The number of rotatable bonds is 6. The molecule has 8 heteroatoms. The van der Waals surface area contributed by atoms with Crippen molar-refractivity contribution in [3.05, 3.63) is 39.7 Å². The van der Waals surface area contributed by atoms with Crippen molar-refractivity contribution in [3.63, 3.8) is 0 Å². The maximum absolute atomic E-state index is 12.4. The Kier molecular flexibility index (Phi) is 6.26. The first-order valence-electron chi connectivity index (χ1n) is 8.09. The number of anilines is 1. The summed E-state index contributed by atoms with van der Waals surface area (Å²) in [6.45, 7) is 6.76. The van der Waals surface area contributed by atoms with E-state index in [1.165, 1.54) is 14.0 Å². The van der Waals surface area contributed by atoms with Crippen molar-refractivity contribution in [1.29, 1.82) is 0 Å². The number of carbonyl (C=O) groups is 2. The SMILES string of the molecule is CCc1noc(C)c1C(=O)O[C@H](C)C(=O)Nc1cc(C)c(Cl)cc1OC. The smallest absolute Gasteiger partial charge is 0.344 e. The molecule has 0 bridgehead atoms.